The Hall–Kier alpha value is -3.75. The number of amides is 1. The molecule has 9 heteroatoms. The highest BCUT2D eigenvalue weighted by Crippen LogP contribution is 2.29. The molecule has 0 radical (unpaired) electrons. The molecule has 0 fully saturated rings. The number of fused-ring (bicyclic) bond motifs is 1. The molecule has 3 N–H and O–H groups in total. The Bertz CT molecular complexity index is 1140. The number of nitrogens with zero attached hydrogens (tertiary/aromatic N) is 4. The number of rotatable bonds is 4. The molecule has 1 amide bonds. The maximum atomic E-state index is 12.5. The Morgan fingerprint density at radius 3 is 2.88 bits per heavy atom. The standard InChI is InChI=1S/C17H15N7O2/c1-10-14(11-5-3-2-4-6-11)15(23-22-10)21-13(25)8-24-16-12(7-20-24)17(26)19-9-18-16/h2-7,9H,8H2,1H3,(H,18,19,26)(H2,21,22,23,25). The fraction of sp³-hybridized carbons (Fsp3) is 0.118. The van der Waals surface area contributed by atoms with Crippen molar-refractivity contribution in [3.8, 4) is 11.1 Å². The third kappa shape index (κ3) is 2.75. The van der Waals surface area contributed by atoms with Crippen molar-refractivity contribution in [2.75, 3.05) is 5.32 Å². The van der Waals surface area contributed by atoms with Gasteiger partial charge in [0.05, 0.1) is 12.5 Å². The fourth-order valence-electron chi connectivity index (χ4n) is 2.81. The number of carbonyl (C=O) groups is 1. The van der Waals surface area contributed by atoms with Crippen LogP contribution in [-0.4, -0.2) is 35.9 Å². The number of aromatic amines is 2. The molecule has 0 aliphatic heterocycles. The van der Waals surface area contributed by atoms with Gasteiger partial charge in [-0.3, -0.25) is 14.7 Å². The SMILES string of the molecule is Cc1[nH]nc(NC(=O)Cn2ncc3c(=O)[nH]cnc32)c1-c1ccccc1. The molecule has 1 aromatic carbocycles. The van der Waals surface area contributed by atoms with Crippen molar-refractivity contribution < 1.29 is 4.79 Å². The van der Waals surface area contributed by atoms with Crippen LogP contribution in [0.1, 0.15) is 5.69 Å². The van der Waals surface area contributed by atoms with E-state index in [0.29, 0.717) is 16.9 Å². The number of H-pyrrole nitrogens is 2. The van der Waals surface area contributed by atoms with Crippen molar-refractivity contribution in [1.82, 2.24) is 29.9 Å². The highest BCUT2D eigenvalue weighted by molar-refractivity contribution is 5.95. The van der Waals surface area contributed by atoms with Crippen LogP contribution in [0.15, 0.2) is 47.7 Å². The maximum Gasteiger partial charge on any atom is 0.261 e. The minimum absolute atomic E-state index is 0.0832. The zero-order valence-corrected chi connectivity index (χ0v) is 13.9. The van der Waals surface area contributed by atoms with E-state index in [4.69, 9.17) is 0 Å². The number of aryl methyl sites for hydroxylation is 1. The quantitative estimate of drug-likeness (QED) is 0.515. The smallest absolute Gasteiger partial charge is 0.261 e. The Kier molecular flexibility index (Phi) is 3.81. The predicted octanol–water partition coefficient (Wildman–Crippen LogP) is 1.46. The first kappa shape index (κ1) is 15.8. The van der Waals surface area contributed by atoms with Gasteiger partial charge in [-0.05, 0) is 12.5 Å². The highest BCUT2D eigenvalue weighted by atomic mass is 16.2. The minimum atomic E-state index is -0.319. The van der Waals surface area contributed by atoms with E-state index in [0.717, 1.165) is 16.8 Å². The average molecular weight is 349 g/mol. The second-order valence-electron chi connectivity index (χ2n) is 5.76. The molecule has 0 aliphatic rings. The summed E-state index contributed by atoms with van der Waals surface area (Å²) < 4.78 is 1.38. The van der Waals surface area contributed by atoms with Gasteiger partial charge in [0.1, 0.15) is 11.9 Å². The van der Waals surface area contributed by atoms with Gasteiger partial charge in [-0.1, -0.05) is 30.3 Å². The van der Waals surface area contributed by atoms with Crippen LogP contribution in [0.2, 0.25) is 0 Å². The molecular weight excluding hydrogens is 334 g/mol. The van der Waals surface area contributed by atoms with Crippen molar-refractivity contribution >= 4 is 22.8 Å². The molecule has 3 aromatic heterocycles. The van der Waals surface area contributed by atoms with Crippen LogP contribution in [-0.2, 0) is 11.3 Å². The topological polar surface area (TPSA) is 121 Å². The molecular formula is C17H15N7O2. The third-order valence-corrected chi connectivity index (χ3v) is 4.00. The summed E-state index contributed by atoms with van der Waals surface area (Å²) in [4.78, 5) is 30.7. The Labute approximate surface area is 147 Å². The van der Waals surface area contributed by atoms with Crippen LogP contribution < -0.4 is 10.9 Å². The Balaban J connectivity index is 1.60. The van der Waals surface area contributed by atoms with Gasteiger partial charge < -0.3 is 10.3 Å². The number of carbonyl (C=O) groups excluding carboxylic acids is 1. The van der Waals surface area contributed by atoms with E-state index in [9.17, 15) is 9.59 Å². The van der Waals surface area contributed by atoms with Gasteiger partial charge in [-0.25, -0.2) is 9.67 Å². The van der Waals surface area contributed by atoms with E-state index in [1.54, 1.807) is 0 Å². The molecule has 3 heterocycles. The monoisotopic (exact) mass is 349 g/mol. The van der Waals surface area contributed by atoms with E-state index in [1.165, 1.54) is 17.2 Å². The molecule has 0 bridgehead atoms. The highest BCUT2D eigenvalue weighted by Gasteiger charge is 2.16. The van der Waals surface area contributed by atoms with Crippen LogP contribution in [0, 0.1) is 6.92 Å². The number of anilines is 1. The predicted molar refractivity (Wildman–Crippen MR) is 95.5 cm³/mol. The molecule has 26 heavy (non-hydrogen) atoms. The minimum Gasteiger partial charge on any atom is -0.312 e. The van der Waals surface area contributed by atoms with E-state index in [1.807, 2.05) is 37.3 Å². The number of nitrogens with one attached hydrogen (secondary N) is 3. The van der Waals surface area contributed by atoms with Gasteiger partial charge in [-0.15, -0.1) is 0 Å². The lowest BCUT2D eigenvalue weighted by Gasteiger charge is -2.07. The average Bonchev–Trinajstić information content (AvgIpc) is 3.21. The van der Waals surface area contributed by atoms with Crippen molar-refractivity contribution in [3.63, 3.8) is 0 Å². The summed E-state index contributed by atoms with van der Waals surface area (Å²) in [7, 11) is 0. The molecule has 0 saturated heterocycles. The third-order valence-electron chi connectivity index (χ3n) is 4.00. The number of benzene rings is 1. The maximum absolute atomic E-state index is 12.5. The molecule has 130 valence electrons. The first-order chi connectivity index (χ1) is 12.6. The van der Waals surface area contributed by atoms with E-state index in [-0.39, 0.29) is 18.0 Å². The van der Waals surface area contributed by atoms with Gasteiger partial charge in [-0.2, -0.15) is 10.2 Å². The molecule has 0 saturated carbocycles. The van der Waals surface area contributed by atoms with Gasteiger partial charge in [0, 0.05) is 11.3 Å². The van der Waals surface area contributed by atoms with Gasteiger partial charge in [0.15, 0.2) is 11.5 Å². The molecule has 0 spiro atoms. The summed E-state index contributed by atoms with van der Waals surface area (Å²) in [6, 6.07) is 9.67. The summed E-state index contributed by atoms with van der Waals surface area (Å²) in [5.74, 6) is 0.127. The molecule has 4 rings (SSSR count). The Morgan fingerprint density at radius 2 is 2.08 bits per heavy atom. The first-order valence-electron chi connectivity index (χ1n) is 7.93. The van der Waals surface area contributed by atoms with Crippen molar-refractivity contribution in [1.29, 1.82) is 0 Å². The van der Waals surface area contributed by atoms with E-state index >= 15 is 0 Å². The normalized spacial score (nSPS) is 11.0. The van der Waals surface area contributed by atoms with Crippen LogP contribution in [0.25, 0.3) is 22.2 Å². The Morgan fingerprint density at radius 1 is 1.27 bits per heavy atom. The summed E-state index contributed by atoms with van der Waals surface area (Å²) in [5, 5.41) is 14.3. The van der Waals surface area contributed by atoms with Gasteiger partial charge in [0.25, 0.3) is 5.56 Å². The molecule has 0 aliphatic carbocycles. The number of hydrogen-bond acceptors (Lipinski definition) is 5. The van der Waals surface area contributed by atoms with Crippen LogP contribution in [0.5, 0.6) is 0 Å². The molecule has 0 atom stereocenters. The fourth-order valence-corrected chi connectivity index (χ4v) is 2.81. The summed E-state index contributed by atoms with van der Waals surface area (Å²) >= 11 is 0. The van der Waals surface area contributed by atoms with E-state index in [2.05, 4.69) is 30.6 Å². The van der Waals surface area contributed by atoms with Crippen molar-refractivity contribution in [2.24, 2.45) is 0 Å². The van der Waals surface area contributed by atoms with Crippen LogP contribution in [0.4, 0.5) is 5.82 Å². The number of aromatic nitrogens is 6. The lowest BCUT2D eigenvalue weighted by atomic mass is 10.1. The molecule has 0 unspecified atom stereocenters. The summed E-state index contributed by atoms with van der Waals surface area (Å²) in [5.41, 5.74) is 2.69. The van der Waals surface area contributed by atoms with Crippen molar-refractivity contribution in [2.45, 2.75) is 13.5 Å². The van der Waals surface area contributed by atoms with Crippen molar-refractivity contribution in [3.05, 3.63) is 58.9 Å². The zero-order chi connectivity index (χ0) is 18.1. The largest absolute Gasteiger partial charge is 0.312 e. The second kappa shape index (κ2) is 6.28. The van der Waals surface area contributed by atoms with Gasteiger partial charge >= 0.3 is 0 Å². The molecule has 9 nitrogen and oxygen atoms in total. The summed E-state index contributed by atoms with van der Waals surface area (Å²) in [6.45, 7) is 1.81. The zero-order valence-electron chi connectivity index (χ0n) is 13.9. The number of hydrogen-bond donors (Lipinski definition) is 3. The lowest BCUT2D eigenvalue weighted by Crippen LogP contribution is -2.20. The molecule has 4 aromatic rings. The van der Waals surface area contributed by atoms with Crippen LogP contribution >= 0.6 is 0 Å². The summed E-state index contributed by atoms with van der Waals surface area (Å²) in [6.07, 6.45) is 2.67. The van der Waals surface area contributed by atoms with Crippen LogP contribution in [0.3, 0.4) is 0 Å². The van der Waals surface area contributed by atoms with E-state index < -0.39 is 0 Å². The second-order valence-corrected chi connectivity index (χ2v) is 5.76. The lowest BCUT2D eigenvalue weighted by molar-refractivity contribution is -0.116. The van der Waals surface area contributed by atoms with Gasteiger partial charge in [0.2, 0.25) is 5.91 Å². The first-order valence-corrected chi connectivity index (χ1v) is 7.93.